The number of nitrogens with two attached hydrogens (primary N) is 1. The van der Waals surface area contributed by atoms with Gasteiger partial charge in [-0.25, -0.2) is 0 Å². The lowest BCUT2D eigenvalue weighted by atomic mass is 9.89. The van der Waals surface area contributed by atoms with Crippen molar-refractivity contribution in [1.82, 2.24) is 0 Å². The highest BCUT2D eigenvalue weighted by atomic mass is 79.9. The molecule has 1 aromatic carbocycles. The summed E-state index contributed by atoms with van der Waals surface area (Å²) in [4.78, 5) is 0.439. The number of thiocarbonyl (C=S) groups is 1. The molecule has 0 aromatic heterocycles. The summed E-state index contributed by atoms with van der Waals surface area (Å²) in [5.74, 6) is 0.789. The van der Waals surface area contributed by atoms with Gasteiger partial charge < -0.3 is 11.1 Å². The minimum Gasteiger partial charge on any atom is -0.389 e. The van der Waals surface area contributed by atoms with Crippen molar-refractivity contribution in [2.24, 2.45) is 11.7 Å². The minimum atomic E-state index is 0.439. The first-order valence-corrected chi connectivity index (χ1v) is 7.71. The van der Waals surface area contributed by atoms with E-state index in [4.69, 9.17) is 18.0 Å². The summed E-state index contributed by atoms with van der Waals surface area (Å²) in [6.07, 6.45) is 6.80. The smallest absolute Gasteiger partial charge is 0.107 e. The molecule has 1 saturated carbocycles. The average molecular weight is 327 g/mol. The van der Waals surface area contributed by atoms with Gasteiger partial charge in [-0.05, 0) is 46.8 Å². The van der Waals surface area contributed by atoms with Crippen molar-refractivity contribution in [3.05, 3.63) is 28.2 Å². The molecule has 0 heterocycles. The van der Waals surface area contributed by atoms with Gasteiger partial charge in [0.25, 0.3) is 0 Å². The van der Waals surface area contributed by atoms with Crippen LogP contribution in [0.5, 0.6) is 0 Å². The molecule has 4 heteroatoms. The molecule has 0 amide bonds. The topological polar surface area (TPSA) is 38.0 Å². The summed E-state index contributed by atoms with van der Waals surface area (Å²) in [7, 11) is 0. The van der Waals surface area contributed by atoms with Crippen molar-refractivity contribution in [2.75, 3.05) is 11.9 Å². The SMILES string of the molecule is NC(=S)c1c(Br)cccc1NCC1CCCCC1. The Morgan fingerprint density at radius 3 is 2.72 bits per heavy atom. The van der Waals surface area contributed by atoms with Crippen LogP contribution in [0.1, 0.15) is 37.7 Å². The number of halogens is 1. The molecule has 1 aromatic rings. The molecule has 0 bridgehead atoms. The first-order valence-electron chi connectivity index (χ1n) is 6.50. The zero-order valence-corrected chi connectivity index (χ0v) is 12.8. The summed E-state index contributed by atoms with van der Waals surface area (Å²) in [6, 6.07) is 6.03. The average Bonchev–Trinajstić information content (AvgIpc) is 2.37. The molecule has 0 unspecified atom stereocenters. The second-order valence-electron chi connectivity index (χ2n) is 4.91. The lowest BCUT2D eigenvalue weighted by Crippen LogP contribution is -2.20. The van der Waals surface area contributed by atoms with E-state index in [1.54, 1.807) is 0 Å². The van der Waals surface area contributed by atoms with Gasteiger partial charge in [0.05, 0.1) is 0 Å². The molecule has 0 spiro atoms. The van der Waals surface area contributed by atoms with Crippen LogP contribution in [0.3, 0.4) is 0 Å². The van der Waals surface area contributed by atoms with Crippen molar-refractivity contribution < 1.29 is 0 Å². The molecule has 1 aliphatic carbocycles. The van der Waals surface area contributed by atoms with E-state index in [0.717, 1.165) is 28.2 Å². The molecule has 0 saturated heterocycles. The third-order valence-corrected chi connectivity index (χ3v) is 4.43. The Morgan fingerprint density at radius 2 is 2.06 bits per heavy atom. The van der Waals surface area contributed by atoms with Crippen LogP contribution in [0.2, 0.25) is 0 Å². The summed E-state index contributed by atoms with van der Waals surface area (Å²) in [5.41, 5.74) is 7.75. The van der Waals surface area contributed by atoms with E-state index in [9.17, 15) is 0 Å². The van der Waals surface area contributed by atoms with E-state index in [0.29, 0.717) is 4.99 Å². The van der Waals surface area contributed by atoms with Gasteiger partial charge in [0.15, 0.2) is 0 Å². The van der Waals surface area contributed by atoms with E-state index in [1.807, 2.05) is 18.2 Å². The van der Waals surface area contributed by atoms with E-state index < -0.39 is 0 Å². The third-order valence-electron chi connectivity index (χ3n) is 3.57. The number of rotatable bonds is 4. The lowest BCUT2D eigenvalue weighted by Gasteiger charge is -2.23. The Morgan fingerprint density at radius 1 is 1.33 bits per heavy atom. The monoisotopic (exact) mass is 326 g/mol. The van der Waals surface area contributed by atoms with Gasteiger partial charge in [-0.2, -0.15) is 0 Å². The number of anilines is 1. The number of hydrogen-bond donors (Lipinski definition) is 2. The second-order valence-corrected chi connectivity index (χ2v) is 6.21. The summed E-state index contributed by atoms with van der Waals surface area (Å²) in [6.45, 7) is 1.02. The molecule has 2 nitrogen and oxygen atoms in total. The normalized spacial score (nSPS) is 16.5. The predicted molar refractivity (Wildman–Crippen MR) is 85.1 cm³/mol. The Labute approximate surface area is 122 Å². The van der Waals surface area contributed by atoms with E-state index in [-0.39, 0.29) is 0 Å². The van der Waals surface area contributed by atoms with Crippen LogP contribution in [0, 0.1) is 5.92 Å². The van der Waals surface area contributed by atoms with Crippen LogP contribution in [-0.2, 0) is 0 Å². The van der Waals surface area contributed by atoms with Gasteiger partial charge in [0, 0.05) is 22.3 Å². The van der Waals surface area contributed by atoms with Crippen molar-refractivity contribution >= 4 is 38.8 Å². The lowest BCUT2D eigenvalue weighted by molar-refractivity contribution is 0.373. The van der Waals surface area contributed by atoms with Gasteiger partial charge in [-0.3, -0.25) is 0 Å². The van der Waals surface area contributed by atoms with Crippen LogP contribution >= 0.6 is 28.1 Å². The Balaban J connectivity index is 2.04. The zero-order valence-electron chi connectivity index (χ0n) is 10.4. The third kappa shape index (κ3) is 3.45. The van der Waals surface area contributed by atoms with E-state index in [2.05, 4.69) is 21.2 Å². The maximum atomic E-state index is 5.79. The Hall–Kier alpha value is -0.610. The Bertz CT molecular complexity index is 428. The molecule has 1 aliphatic rings. The van der Waals surface area contributed by atoms with Gasteiger partial charge in [-0.1, -0.05) is 37.5 Å². The standard InChI is InChI=1S/C14H19BrN2S/c15-11-7-4-8-12(13(11)14(16)18)17-9-10-5-2-1-3-6-10/h4,7-8,10,17H,1-3,5-6,9H2,(H2,16,18). The van der Waals surface area contributed by atoms with Crippen LogP contribution in [0.25, 0.3) is 0 Å². The predicted octanol–water partition coefficient (Wildman–Crippen LogP) is 4.08. The molecular formula is C14H19BrN2S. The van der Waals surface area contributed by atoms with Crippen LogP contribution < -0.4 is 11.1 Å². The zero-order chi connectivity index (χ0) is 13.0. The van der Waals surface area contributed by atoms with E-state index >= 15 is 0 Å². The molecule has 18 heavy (non-hydrogen) atoms. The number of benzene rings is 1. The first kappa shape index (κ1) is 13.8. The van der Waals surface area contributed by atoms with E-state index in [1.165, 1.54) is 32.1 Å². The van der Waals surface area contributed by atoms with Crippen LogP contribution in [0.4, 0.5) is 5.69 Å². The summed E-state index contributed by atoms with van der Waals surface area (Å²) in [5, 5.41) is 3.51. The second kappa shape index (κ2) is 6.53. The molecular weight excluding hydrogens is 308 g/mol. The number of hydrogen-bond acceptors (Lipinski definition) is 2. The maximum absolute atomic E-state index is 5.79. The maximum Gasteiger partial charge on any atom is 0.107 e. The fraction of sp³-hybridized carbons (Fsp3) is 0.500. The summed E-state index contributed by atoms with van der Waals surface area (Å²) < 4.78 is 0.962. The molecule has 3 N–H and O–H groups in total. The molecule has 0 aliphatic heterocycles. The van der Waals surface area contributed by atoms with Crippen LogP contribution in [-0.4, -0.2) is 11.5 Å². The molecule has 0 radical (unpaired) electrons. The fourth-order valence-corrected chi connectivity index (χ4v) is 3.50. The van der Waals surface area contributed by atoms with Gasteiger partial charge in [-0.15, -0.1) is 0 Å². The summed E-state index contributed by atoms with van der Waals surface area (Å²) >= 11 is 8.62. The first-order chi connectivity index (χ1) is 8.68. The minimum absolute atomic E-state index is 0.439. The molecule has 98 valence electrons. The van der Waals surface area contributed by atoms with Crippen molar-refractivity contribution in [1.29, 1.82) is 0 Å². The molecule has 0 atom stereocenters. The Kier molecular flexibility index (Phi) is 5.01. The van der Waals surface area contributed by atoms with Gasteiger partial charge >= 0.3 is 0 Å². The highest BCUT2D eigenvalue weighted by Crippen LogP contribution is 2.27. The highest BCUT2D eigenvalue weighted by molar-refractivity contribution is 9.10. The van der Waals surface area contributed by atoms with Crippen molar-refractivity contribution in [3.8, 4) is 0 Å². The molecule has 1 fully saturated rings. The fourth-order valence-electron chi connectivity index (χ4n) is 2.57. The largest absolute Gasteiger partial charge is 0.389 e. The highest BCUT2D eigenvalue weighted by Gasteiger charge is 2.14. The number of nitrogens with one attached hydrogen (secondary N) is 1. The van der Waals surface area contributed by atoms with Gasteiger partial charge in [0.1, 0.15) is 4.99 Å². The van der Waals surface area contributed by atoms with Crippen LogP contribution in [0.15, 0.2) is 22.7 Å². The van der Waals surface area contributed by atoms with Crippen molar-refractivity contribution in [3.63, 3.8) is 0 Å². The molecule has 2 rings (SSSR count). The van der Waals surface area contributed by atoms with Crippen molar-refractivity contribution in [2.45, 2.75) is 32.1 Å². The van der Waals surface area contributed by atoms with Gasteiger partial charge in [0.2, 0.25) is 0 Å². The quantitative estimate of drug-likeness (QED) is 0.819.